The molecule has 0 radical (unpaired) electrons. The molecule has 0 saturated carbocycles. The van der Waals surface area contributed by atoms with E-state index in [9.17, 15) is 70.5 Å². The summed E-state index contributed by atoms with van der Waals surface area (Å²) in [5, 5.41) is 18.4. The quantitative estimate of drug-likeness (QED) is 0.00752. The molecule has 0 spiro atoms. The van der Waals surface area contributed by atoms with Gasteiger partial charge in [-0.2, -0.15) is 0 Å². The molecule has 2 N–H and O–H groups in total. The van der Waals surface area contributed by atoms with Crippen LogP contribution in [0.2, 0.25) is 0 Å². The minimum Gasteiger partial charge on any atom is -1.00 e. The van der Waals surface area contributed by atoms with Gasteiger partial charge in [-0.15, -0.1) is 0 Å². The van der Waals surface area contributed by atoms with Crippen molar-refractivity contribution in [2.24, 2.45) is 0 Å². The number of alkyl halides is 1. The molecule has 10 aromatic rings. The monoisotopic (exact) mass is 2170 g/mol. The van der Waals surface area contributed by atoms with Crippen molar-refractivity contribution in [1.29, 1.82) is 0 Å². The molecule has 1 saturated heterocycles. The Balaban J connectivity index is 0.000000819. The molecule has 1 atom stereocenters. The Hall–Kier alpha value is -11.3. The Labute approximate surface area is 854 Å². The number of hydrogen-bond donors (Lipinski definition) is 2. The van der Waals surface area contributed by atoms with Gasteiger partial charge < -0.3 is 129 Å². The summed E-state index contributed by atoms with van der Waals surface area (Å²) in [4.78, 5) is 143. The second-order valence-electron chi connectivity index (χ2n) is 28.7. The third kappa shape index (κ3) is 43.8. The number of nitrogens with zero attached hydrogens (tertiary/aromatic N) is 1. The molecule has 0 bridgehead atoms. The maximum Gasteiger partial charge on any atom is 1.00 e. The smallest absolute Gasteiger partial charge is 1.00 e. The average molecular weight is 2180 g/mol. The standard InChI is InChI=1S/C17H19O8P.C16H16O5.C15H13BrO5.C15H14O6.C15H14O5.C11H19NO4.C3H9O3P.CH3ClO2S.CH4.BrH.Na/c1-21-17(19)16-15(24-10-12-7-5-4-6-8-12)14(18)9-13(25-16)11-26(20,22-2)23-3;1-3-12-9-13(17)14(15(21-12)16(18)19-2)20-10-11-7-5-4-6-8-11;2*1-19-15(18)14-13(12(17)7-11(8-16)21-14)20-9-10-5-3-2-4-6-10;1-2-11-8-12(16)13(14(20-11)15(17)18)19-9-10-6-4-3-5-7-10;1-10(2,3)16-9(14)12-8(6-13)7-15-11(12,4)5;1-4-7(5-2)6-3;1-5(2,3)4;;;/h4-9H,10-11H2,1-3H3;4-9H,3,10H2,1-2H3;2-7H,8-9H2,1H3;2-7,16H,8-9H2,1H3;3-8H,2,9H2,1H3,(H,17,18);6,8H,7H2,1-5H3;1-3H3;1H3;1H4;1H;/q;;;;;;;;;;+1/p-1. The fourth-order valence-corrected chi connectivity index (χ4v) is 12.5. The van der Waals surface area contributed by atoms with E-state index in [2.05, 4.69) is 59.1 Å². The van der Waals surface area contributed by atoms with Gasteiger partial charge in [-0.3, -0.25) is 33.4 Å². The summed E-state index contributed by atoms with van der Waals surface area (Å²) in [7, 11) is 8.55. The third-order valence-electron chi connectivity index (χ3n) is 17.2. The van der Waals surface area contributed by atoms with E-state index in [1.54, 1.807) is 75.0 Å². The fourth-order valence-electron chi connectivity index (χ4n) is 10.8. The van der Waals surface area contributed by atoms with Crippen molar-refractivity contribution in [3.05, 3.63) is 319 Å². The van der Waals surface area contributed by atoms with Crippen LogP contribution in [0.25, 0.3) is 0 Å². The van der Waals surface area contributed by atoms with Crippen LogP contribution in [0.5, 0.6) is 28.7 Å². The Morgan fingerprint density at radius 2 is 0.750 bits per heavy atom. The number of aromatic carboxylic acids is 1. The number of carbonyl (C=O) groups excluding carboxylic acids is 6. The summed E-state index contributed by atoms with van der Waals surface area (Å²) in [5.41, 5.74) is 0.379. The molecular formula is C94H111Br2ClNNaO38P2S. The van der Waals surface area contributed by atoms with Crippen molar-refractivity contribution in [3.63, 3.8) is 0 Å². The van der Waals surface area contributed by atoms with Crippen LogP contribution in [0.15, 0.2) is 228 Å². The Kier molecular flexibility index (Phi) is 58.8. The van der Waals surface area contributed by atoms with Gasteiger partial charge in [0, 0.05) is 89.4 Å². The SMILES string of the molecule is C.CC(C)(C)OC(=O)N1C(C=O)COC1(C)C.CCc1cc(=O)c(OCc2ccccc2)c(C(=O)O)o1.CCc1cc(=O)c(OCc2ccccc2)c(C(=O)OC)o1.COC(=O)c1oc(CBr)cc(=O)c1OCc1ccccc1.COC(=O)c1oc(CO)cc(=O)c1OCc1ccccc1.COC(=O)c1oc(CP(=O)(OC)OC)cc(=O)c1OCc1ccccc1.COP(OC)OC.CS(=O)(=O)Cl.[Br-].[Na+]. The van der Waals surface area contributed by atoms with E-state index in [1.807, 2.05) is 146 Å². The number of benzene rings is 5. The van der Waals surface area contributed by atoms with E-state index in [0.29, 0.717) is 41.7 Å². The second-order valence-corrected chi connectivity index (χ2v) is 36.1. The minimum atomic E-state index is -3.49. The van der Waals surface area contributed by atoms with E-state index in [0.717, 1.165) is 60.4 Å². The minimum absolute atomic E-state index is 0. The van der Waals surface area contributed by atoms with Gasteiger partial charge in [0.2, 0.25) is 64.9 Å². The molecule has 39 nitrogen and oxygen atoms in total. The maximum absolute atomic E-state index is 12.4. The number of carboxylic acid groups (broad SMARTS) is 1. The normalized spacial score (nSPS) is 11.8. The van der Waals surface area contributed by atoms with Gasteiger partial charge in [-0.1, -0.05) is 189 Å². The largest absolute Gasteiger partial charge is 1.00 e. The molecule has 1 fully saturated rings. The van der Waals surface area contributed by atoms with Gasteiger partial charge in [0.05, 0.1) is 46.6 Å². The van der Waals surface area contributed by atoms with Crippen LogP contribution >= 0.6 is 42.8 Å². The fraction of sp³-hybridized carbons (Fsp3) is 0.340. The summed E-state index contributed by atoms with van der Waals surface area (Å²) in [6.45, 7) is 12.7. The van der Waals surface area contributed by atoms with Crippen LogP contribution in [0.1, 0.15) is 165 Å². The van der Waals surface area contributed by atoms with Crippen LogP contribution in [-0.4, -0.2) is 160 Å². The Morgan fingerprint density at radius 3 is 0.993 bits per heavy atom. The average Bonchev–Trinajstić information content (AvgIpc) is 1.65. The first-order chi connectivity index (χ1) is 65.0. The summed E-state index contributed by atoms with van der Waals surface area (Å²) < 4.78 is 137. The van der Waals surface area contributed by atoms with Crippen molar-refractivity contribution in [2.75, 3.05) is 76.9 Å². The third-order valence-corrected chi connectivity index (χ3v) is 20.4. The molecule has 1 amide bonds. The van der Waals surface area contributed by atoms with Crippen molar-refractivity contribution < 1.29 is 200 Å². The Morgan fingerprint density at radius 1 is 0.493 bits per heavy atom. The van der Waals surface area contributed by atoms with Gasteiger partial charge in [-0.05, 0) is 62.4 Å². The zero-order chi connectivity index (χ0) is 102. The molecule has 0 aliphatic carbocycles. The molecule has 758 valence electrons. The summed E-state index contributed by atoms with van der Waals surface area (Å²) in [6, 6.07) is 51.5. The number of carboxylic acids is 1. The molecule has 11 rings (SSSR count). The van der Waals surface area contributed by atoms with Crippen molar-refractivity contribution in [3.8, 4) is 28.7 Å². The molecule has 6 heterocycles. The van der Waals surface area contributed by atoms with Crippen LogP contribution in [0.3, 0.4) is 0 Å². The topological polar surface area (TPSA) is 513 Å². The van der Waals surface area contributed by atoms with Gasteiger partial charge in [0.1, 0.15) is 98.3 Å². The van der Waals surface area contributed by atoms with Crippen LogP contribution < -0.4 is 97.4 Å². The first-order valence-corrected chi connectivity index (χ1v) is 47.2. The predicted octanol–water partition coefficient (Wildman–Crippen LogP) is 9.98. The summed E-state index contributed by atoms with van der Waals surface area (Å²) in [5.74, 6) is -6.26. The Bertz CT molecular complexity index is 5720. The predicted molar refractivity (Wildman–Crippen MR) is 507 cm³/mol. The number of ether oxygens (including phenoxy) is 11. The van der Waals surface area contributed by atoms with Crippen LogP contribution in [-0.2, 0) is 133 Å². The number of hydrogen-bond acceptors (Lipinski definition) is 37. The number of aldehydes is 1. The number of halogens is 3. The summed E-state index contributed by atoms with van der Waals surface area (Å²) >= 11 is 3.17. The second kappa shape index (κ2) is 64.9. The number of aryl methyl sites for hydroxylation is 2. The van der Waals surface area contributed by atoms with Gasteiger partial charge >= 0.3 is 81.7 Å². The first-order valence-electron chi connectivity index (χ1n) is 40.6. The number of amides is 1. The van der Waals surface area contributed by atoms with E-state index < -0.39 is 124 Å². The van der Waals surface area contributed by atoms with E-state index in [-0.39, 0.29) is 157 Å². The molecule has 5 aromatic heterocycles. The molecule has 1 aliphatic heterocycles. The molecule has 1 unspecified atom stereocenters. The zero-order valence-electron chi connectivity index (χ0n) is 79.2. The summed E-state index contributed by atoms with van der Waals surface area (Å²) in [6.07, 6.45) is 1.73. The number of carbonyl (C=O) groups is 7. The number of aliphatic hydroxyl groups excluding tert-OH is 1. The molecular weight excluding hydrogens is 2060 g/mol. The van der Waals surface area contributed by atoms with Crippen molar-refractivity contribution in [1.82, 2.24) is 4.90 Å². The van der Waals surface area contributed by atoms with Gasteiger partial charge in [-0.25, -0.2) is 37.2 Å². The number of methoxy groups -OCH3 is 4. The molecule has 140 heavy (non-hydrogen) atoms. The van der Waals surface area contributed by atoms with E-state index in [1.165, 1.54) is 51.5 Å². The van der Waals surface area contributed by atoms with Gasteiger partial charge in [0.15, 0.2) is 0 Å². The van der Waals surface area contributed by atoms with Gasteiger partial charge in [0.25, 0.3) is 28.8 Å². The number of rotatable bonds is 32. The van der Waals surface area contributed by atoms with E-state index in [4.69, 9.17) is 74.5 Å². The van der Waals surface area contributed by atoms with E-state index >= 15 is 0 Å². The number of aliphatic hydroxyl groups is 1. The number of esters is 4. The molecule has 46 heteroatoms. The van der Waals surface area contributed by atoms with Crippen LogP contribution in [0, 0.1) is 0 Å². The first kappa shape index (κ1) is 127. The molecule has 5 aromatic carbocycles. The maximum atomic E-state index is 12.4. The molecule has 1 aliphatic rings. The zero-order valence-corrected chi connectivity index (χ0v) is 87.8. The van der Waals surface area contributed by atoms with Crippen LogP contribution in [0.4, 0.5) is 4.79 Å². The van der Waals surface area contributed by atoms with Crippen molar-refractivity contribution in [2.45, 2.75) is 137 Å². The van der Waals surface area contributed by atoms with Crippen molar-refractivity contribution >= 4 is 94.1 Å².